The molecule has 0 radical (unpaired) electrons. The fourth-order valence-corrected chi connectivity index (χ4v) is 5.67. The largest absolute Gasteiger partial charge is 0.473 e. The first-order valence-corrected chi connectivity index (χ1v) is 10.5. The predicted molar refractivity (Wildman–Crippen MR) is 97.7 cm³/mol. The van der Waals surface area contributed by atoms with E-state index in [9.17, 15) is 8.42 Å². The number of hydrogen-bond donors (Lipinski definition) is 0. The molecule has 2 aromatic rings. The van der Waals surface area contributed by atoms with Crippen molar-refractivity contribution in [3.63, 3.8) is 0 Å². The summed E-state index contributed by atoms with van der Waals surface area (Å²) in [4.78, 5) is 0.466. The van der Waals surface area contributed by atoms with Gasteiger partial charge in [-0.05, 0) is 62.8 Å². The van der Waals surface area contributed by atoms with Crippen LogP contribution in [-0.2, 0) is 10.0 Å². The molecule has 1 aliphatic heterocycles. The van der Waals surface area contributed by atoms with Crippen LogP contribution in [-0.4, -0.2) is 40.7 Å². The van der Waals surface area contributed by atoms with Gasteiger partial charge in [0.25, 0.3) is 0 Å². The van der Waals surface area contributed by atoms with E-state index >= 15 is 0 Å². The molecule has 1 aromatic carbocycles. The van der Waals surface area contributed by atoms with Gasteiger partial charge in [0.15, 0.2) is 0 Å². The Balaban J connectivity index is 1.79. The zero-order chi connectivity index (χ0) is 18.2. The molecule has 2 heterocycles. The SMILES string of the molecule is Cc1cc(C)c(C)c(S(=O)(=O)N2CCC(Oc3cnsn3)CC2)c1C. The number of aryl methyl sites for hydroxylation is 2. The van der Waals surface area contributed by atoms with E-state index in [4.69, 9.17) is 4.74 Å². The van der Waals surface area contributed by atoms with Crippen LogP contribution >= 0.6 is 11.7 Å². The van der Waals surface area contributed by atoms with E-state index in [-0.39, 0.29) is 6.10 Å². The van der Waals surface area contributed by atoms with E-state index < -0.39 is 10.0 Å². The van der Waals surface area contributed by atoms with E-state index in [0.29, 0.717) is 36.7 Å². The molecule has 8 heteroatoms. The number of ether oxygens (including phenoxy) is 1. The van der Waals surface area contributed by atoms with Crippen molar-refractivity contribution in [2.75, 3.05) is 13.1 Å². The lowest BCUT2D eigenvalue weighted by molar-refractivity contribution is 0.131. The van der Waals surface area contributed by atoms with Gasteiger partial charge in [0, 0.05) is 13.1 Å². The van der Waals surface area contributed by atoms with E-state index in [1.165, 1.54) is 0 Å². The van der Waals surface area contributed by atoms with Gasteiger partial charge in [0.2, 0.25) is 15.9 Å². The zero-order valence-corrected chi connectivity index (χ0v) is 16.6. The van der Waals surface area contributed by atoms with Crippen LogP contribution in [0.25, 0.3) is 0 Å². The minimum absolute atomic E-state index is 0.0169. The van der Waals surface area contributed by atoms with Gasteiger partial charge >= 0.3 is 0 Å². The molecule has 1 saturated heterocycles. The van der Waals surface area contributed by atoms with E-state index in [0.717, 1.165) is 34.0 Å². The number of rotatable bonds is 4. The minimum atomic E-state index is -3.50. The van der Waals surface area contributed by atoms with Crippen LogP contribution in [0.15, 0.2) is 17.2 Å². The Labute approximate surface area is 153 Å². The summed E-state index contributed by atoms with van der Waals surface area (Å²) in [5, 5.41) is 0. The van der Waals surface area contributed by atoms with Crippen molar-refractivity contribution >= 4 is 21.8 Å². The number of nitrogens with zero attached hydrogens (tertiary/aromatic N) is 3. The number of piperidine rings is 1. The quantitative estimate of drug-likeness (QED) is 0.814. The maximum Gasteiger partial charge on any atom is 0.245 e. The second kappa shape index (κ2) is 7.01. The molecule has 0 amide bonds. The molecular formula is C17H23N3O3S2. The summed E-state index contributed by atoms with van der Waals surface area (Å²) >= 11 is 1.10. The Hall–Kier alpha value is -1.51. The first-order valence-electron chi connectivity index (χ1n) is 8.32. The van der Waals surface area contributed by atoms with E-state index in [1.54, 1.807) is 10.5 Å². The molecule has 6 nitrogen and oxygen atoms in total. The highest BCUT2D eigenvalue weighted by Crippen LogP contribution is 2.30. The fraction of sp³-hybridized carbons (Fsp3) is 0.529. The van der Waals surface area contributed by atoms with Gasteiger partial charge in [0.05, 0.1) is 16.6 Å². The summed E-state index contributed by atoms with van der Waals surface area (Å²) < 4.78 is 41.8. The van der Waals surface area contributed by atoms with Crippen LogP contribution in [0.5, 0.6) is 5.88 Å². The van der Waals surface area contributed by atoms with Gasteiger partial charge in [-0.3, -0.25) is 0 Å². The number of aromatic nitrogens is 2. The smallest absolute Gasteiger partial charge is 0.245 e. The minimum Gasteiger partial charge on any atom is -0.473 e. The van der Waals surface area contributed by atoms with Crippen molar-refractivity contribution in [1.29, 1.82) is 0 Å². The second-order valence-electron chi connectivity index (χ2n) is 6.56. The van der Waals surface area contributed by atoms with Crippen LogP contribution in [0.2, 0.25) is 0 Å². The first-order chi connectivity index (χ1) is 11.8. The third-order valence-electron chi connectivity index (χ3n) is 4.92. The van der Waals surface area contributed by atoms with Crippen LogP contribution in [0.4, 0.5) is 0 Å². The molecule has 0 atom stereocenters. The van der Waals surface area contributed by atoms with Crippen molar-refractivity contribution < 1.29 is 13.2 Å². The summed E-state index contributed by atoms with van der Waals surface area (Å²) in [6, 6.07) is 2.05. The Morgan fingerprint density at radius 2 is 1.72 bits per heavy atom. The maximum atomic E-state index is 13.2. The average Bonchev–Trinajstić information content (AvgIpc) is 3.06. The summed E-state index contributed by atoms with van der Waals surface area (Å²) in [5.41, 5.74) is 3.71. The van der Waals surface area contributed by atoms with Crippen molar-refractivity contribution in [1.82, 2.24) is 13.1 Å². The van der Waals surface area contributed by atoms with Gasteiger partial charge in [-0.25, -0.2) is 8.42 Å². The van der Waals surface area contributed by atoms with Crippen molar-refractivity contribution in [2.24, 2.45) is 0 Å². The summed E-state index contributed by atoms with van der Waals surface area (Å²) in [6.45, 7) is 8.61. The molecular weight excluding hydrogens is 358 g/mol. The molecule has 0 spiro atoms. The predicted octanol–water partition coefficient (Wildman–Crippen LogP) is 3.00. The van der Waals surface area contributed by atoms with Crippen molar-refractivity contribution in [2.45, 2.75) is 51.5 Å². The maximum absolute atomic E-state index is 13.2. The summed E-state index contributed by atoms with van der Waals surface area (Å²) in [6.07, 6.45) is 2.88. The lowest BCUT2D eigenvalue weighted by Crippen LogP contribution is -2.42. The van der Waals surface area contributed by atoms with Gasteiger partial charge in [-0.1, -0.05) is 6.07 Å². The van der Waals surface area contributed by atoms with Gasteiger partial charge in [-0.2, -0.15) is 8.68 Å². The third-order valence-corrected chi connectivity index (χ3v) is 7.56. The topological polar surface area (TPSA) is 72.4 Å². The van der Waals surface area contributed by atoms with Gasteiger partial charge in [0.1, 0.15) is 12.3 Å². The summed E-state index contributed by atoms with van der Waals surface area (Å²) in [7, 11) is -3.50. The molecule has 136 valence electrons. The Kier molecular flexibility index (Phi) is 5.13. The molecule has 1 aromatic heterocycles. The second-order valence-corrected chi connectivity index (χ2v) is 8.99. The van der Waals surface area contributed by atoms with Crippen LogP contribution in [0, 0.1) is 27.7 Å². The summed E-state index contributed by atoms with van der Waals surface area (Å²) in [5.74, 6) is 0.521. The highest BCUT2D eigenvalue weighted by Gasteiger charge is 2.33. The molecule has 0 unspecified atom stereocenters. The molecule has 0 bridgehead atoms. The lowest BCUT2D eigenvalue weighted by atomic mass is 10.0. The van der Waals surface area contributed by atoms with Crippen LogP contribution < -0.4 is 4.74 Å². The molecule has 1 fully saturated rings. The normalized spacial score (nSPS) is 17.0. The number of benzene rings is 1. The fourth-order valence-electron chi connectivity index (χ4n) is 3.27. The third kappa shape index (κ3) is 3.56. The van der Waals surface area contributed by atoms with E-state index in [2.05, 4.69) is 8.75 Å². The first kappa shape index (κ1) is 18.3. The Morgan fingerprint density at radius 1 is 1.12 bits per heavy atom. The number of hydrogen-bond acceptors (Lipinski definition) is 6. The molecule has 3 rings (SSSR count). The zero-order valence-electron chi connectivity index (χ0n) is 14.9. The highest BCUT2D eigenvalue weighted by molar-refractivity contribution is 7.89. The molecule has 0 N–H and O–H groups in total. The standard InChI is InChI=1S/C17H23N3O3S2/c1-11-9-12(2)14(4)17(13(11)3)25(21,22)20-7-5-15(6-8-20)23-16-10-18-24-19-16/h9-10,15H,5-8H2,1-4H3. The Morgan fingerprint density at radius 3 is 2.24 bits per heavy atom. The lowest BCUT2D eigenvalue weighted by Gasteiger charge is -2.32. The molecule has 1 aliphatic rings. The van der Waals surface area contributed by atoms with Crippen molar-refractivity contribution in [3.8, 4) is 5.88 Å². The highest BCUT2D eigenvalue weighted by atomic mass is 32.2. The van der Waals surface area contributed by atoms with Crippen LogP contribution in [0.1, 0.15) is 35.1 Å². The van der Waals surface area contributed by atoms with Crippen molar-refractivity contribution in [3.05, 3.63) is 34.5 Å². The monoisotopic (exact) mass is 381 g/mol. The van der Waals surface area contributed by atoms with Gasteiger partial charge < -0.3 is 4.74 Å². The van der Waals surface area contributed by atoms with E-state index in [1.807, 2.05) is 33.8 Å². The molecule has 0 aliphatic carbocycles. The molecule has 25 heavy (non-hydrogen) atoms. The average molecular weight is 382 g/mol. The van der Waals surface area contributed by atoms with Crippen LogP contribution in [0.3, 0.4) is 0 Å². The van der Waals surface area contributed by atoms with Gasteiger partial charge in [-0.15, -0.1) is 4.37 Å². The Bertz CT molecular complexity index is 830. The molecule has 0 saturated carbocycles. The number of sulfonamides is 1.